The normalized spacial score (nSPS) is 10.8. The van der Waals surface area contributed by atoms with Crippen molar-refractivity contribution in [2.24, 2.45) is 11.7 Å². The summed E-state index contributed by atoms with van der Waals surface area (Å²) < 4.78 is 5.48. The van der Waals surface area contributed by atoms with E-state index in [1.54, 1.807) is 0 Å². The highest BCUT2D eigenvalue weighted by Gasteiger charge is 2.13. The zero-order valence-electron chi connectivity index (χ0n) is 12.5. The second-order valence-electron chi connectivity index (χ2n) is 5.06. The average Bonchev–Trinajstić information content (AvgIpc) is 2.33. The maximum Gasteiger partial charge on any atom is 0.228 e. The predicted octanol–water partition coefficient (Wildman–Crippen LogP) is 1.99. The Morgan fingerprint density at radius 3 is 2.68 bits per heavy atom. The van der Waals surface area contributed by atoms with Gasteiger partial charge in [0.1, 0.15) is 0 Å². The summed E-state index contributed by atoms with van der Waals surface area (Å²) in [6, 6.07) is 1.86. The van der Waals surface area contributed by atoms with E-state index in [9.17, 15) is 0 Å². The molecule has 0 aliphatic heterocycles. The van der Waals surface area contributed by atoms with Gasteiger partial charge in [-0.3, -0.25) is 0 Å². The first kappa shape index (κ1) is 15.7. The minimum atomic E-state index is 0.553. The van der Waals surface area contributed by atoms with Crippen LogP contribution in [-0.4, -0.2) is 36.2 Å². The molecule has 0 bridgehead atoms. The molecule has 0 aliphatic rings. The van der Waals surface area contributed by atoms with E-state index in [1.165, 1.54) is 0 Å². The van der Waals surface area contributed by atoms with E-state index in [4.69, 9.17) is 10.5 Å². The quantitative estimate of drug-likeness (QED) is 0.779. The number of anilines is 1. The summed E-state index contributed by atoms with van der Waals surface area (Å²) in [5.74, 6) is 1.94. The summed E-state index contributed by atoms with van der Waals surface area (Å²) in [6.07, 6.45) is 0.938. The van der Waals surface area contributed by atoms with Crippen molar-refractivity contribution >= 4 is 5.95 Å². The summed E-state index contributed by atoms with van der Waals surface area (Å²) >= 11 is 0. The summed E-state index contributed by atoms with van der Waals surface area (Å²) in [4.78, 5) is 11.2. The Morgan fingerprint density at radius 1 is 1.37 bits per heavy atom. The fourth-order valence-corrected chi connectivity index (χ4v) is 1.88. The minimum Gasteiger partial charge on any atom is -0.478 e. The molecule has 19 heavy (non-hydrogen) atoms. The van der Waals surface area contributed by atoms with Crippen LogP contribution in [-0.2, 0) is 0 Å². The monoisotopic (exact) mass is 266 g/mol. The lowest BCUT2D eigenvalue weighted by molar-refractivity contribution is 0.325. The molecular weight excluding hydrogens is 240 g/mol. The Morgan fingerprint density at radius 2 is 2.11 bits per heavy atom. The molecule has 0 amide bonds. The Labute approximate surface area is 116 Å². The molecule has 1 rings (SSSR count). The van der Waals surface area contributed by atoms with Gasteiger partial charge in [-0.15, -0.1) is 0 Å². The van der Waals surface area contributed by atoms with Crippen LogP contribution in [0.2, 0.25) is 0 Å². The van der Waals surface area contributed by atoms with Gasteiger partial charge in [0.2, 0.25) is 11.8 Å². The first-order valence-electron chi connectivity index (χ1n) is 7.00. The number of ether oxygens (including phenoxy) is 1. The molecule has 0 fully saturated rings. The standard InChI is InChI=1S/C14H26N4O/c1-5-19-13-9-12(4)16-14(17-13)18(8-6-7-15)10-11(2)3/h9,11H,5-8,10,15H2,1-4H3. The summed E-state index contributed by atoms with van der Waals surface area (Å²) in [5, 5.41) is 0. The van der Waals surface area contributed by atoms with Gasteiger partial charge in [-0.2, -0.15) is 4.98 Å². The molecule has 0 saturated carbocycles. The zero-order valence-corrected chi connectivity index (χ0v) is 12.5. The van der Waals surface area contributed by atoms with Gasteiger partial charge in [0.25, 0.3) is 0 Å². The van der Waals surface area contributed by atoms with Crippen LogP contribution < -0.4 is 15.4 Å². The van der Waals surface area contributed by atoms with Gasteiger partial charge in [0, 0.05) is 24.8 Å². The fraction of sp³-hybridized carbons (Fsp3) is 0.714. The lowest BCUT2D eigenvalue weighted by Crippen LogP contribution is -2.31. The number of nitrogens with two attached hydrogens (primary N) is 1. The van der Waals surface area contributed by atoms with Crippen molar-refractivity contribution in [2.45, 2.75) is 34.1 Å². The molecule has 1 aromatic heterocycles. The van der Waals surface area contributed by atoms with Crippen molar-refractivity contribution in [2.75, 3.05) is 31.1 Å². The Balaban J connectivity index is 2.92. The maximum absolute atomic E-state index is 5.60. The van der Waals surface area contributed by atoms with Crippen molar-refractivity contribution in [3.05, 3.63) is 11.8 Å². The third-order valence-corrected chi connectivity index (χ3v) is 2.61. The molecule has 108 valence electrons. The predicted molar refractivity (Wildman–Crippen MR) is 78.7 cm³/mol. The van der Waals surface area contributed by atoms with E-state index >= 15 is 0 Å². The lowest BCUT2D eigenvalue weighted by atomic mass is 10.2. The molecular formula is C14H26N4O. The van der Waals surface area contributed by atoms with E-state index in [0.717, 1.165) is 31.2 Å². The number of hydrogen-bond acceptors (Lipinski definition) is 5. The number of aromatic nitrogens is 2. The van der Waals surface area contributed by atoms with Crippen molar-refractivity contribution in [3.8, 4) is 5.88 Å². The van der Waals surface area contributed by atoms with Crippen LogP contribution in [0.3, 0.4) is 0 Å². The highest BCUT2D eigenvalue weighted by Crippen LogP contribution is 2.17. The molecule has 0 unspecified atom stereocenters. The Hall–Kier alpha value is -1.36. The number of nitrogens with zero attached hydrogens (tertiary/aromatic N) is 3. The summed E-state index contributed by atoms with van der Waals surface area (Å²) in [5.41, 5.74) is 6.53. The lowest BCUT2D eigenvalue weighted by Gasteiger charge is -2.25. The van der Waals surface area contributed by atoms with E-state index in [1.807, 2.05) is 19.9 Å². The second kappa shape index (κ2) is 7.94. The fourth-order valence-electron chi connectivity index (χ4n) is 1.88. The van der Waals surface area contributed by atoms with Crippen molar-refractivity contribution in [1.82, 2.24) is 9.97 Å². The van der Waals surface area contributed by atoms with Crippen LogP contribution in [0, 0.1) is 12.8 Å². The van der Waals surface area contributed by atoms with Gasteiger partial charge in [0.15, 0.2) is 0 Å². The molecule has 0 aromatic carbocycles. The first-order valence-corrected chi connectivity index (χ1v) is 7.00. The van der Waals surface area contributed by atoms with Crippen LogP contribution in [0.25, 0.3) is 0 Å². The summed E-state index contributed by atoms with van der Waals surface area (Å²) in [6.45, 7) is 11.4. The molecule has 0 atom stereocenters. The highest BCUT2D eigenvalue weighted by molar-refractivity contribution is 5.34. The number of hydrogen-bond donors (Lipinski definition) is 1. The summed E-state index contributed by atoms with van der Waals surface area (Å²) in [7, 11) is 0. The Bertz CT molecular complexity index is 382. The first-order chi connectivity index (χ1) is 9.06. The van der Waals surface area contributed by atoms with Crippen molar-refractivity contribution < 1.29 is 4.74 Å². The van der Waals surface area contributed by atoms with Crippen LogP contribution in [0.15, 0.2) is 6.07 Å². The molecule has 5 nitrogen and oxygen atoms in total. The molecule has 0 saturated heterocycles. The third-order valence-electron chi connectivity index (χ3n) is 2.61. The minimum absolute atomic E-state index is 0.553. The topological polar surface area (TPSA) is 64.3 Å². The number of aryl methyl sites for hydroxylation is 1. The second-order valence-corrected chi connectivity index (χ2v) is 5.06. The average molecular weight is 266 g/mol. The van der Waals surface area contributed by atoms with Gasteiger partial charge in [0.05, 0.1) is 6.61 Å². The maximum atomic E-state index is 5.60. The van der Waals surface area contributed by atoms with E-state index in [2.05, 4.69) is 28.7 Å². The van der Waals surface area contributed by atoms with Crippen LogP contribution >= 0.6 is 0 Å². The SMILES string of the molecule is CCOc1cc(C)nc(N(CCCN)CC(C)C)n1. The van der Waals surface area contributed by atoms with E-state index in [0.29, 0.717) is 24.9 Å². The van der Waals surface area contributed by atoms with Gasteiger partial charge < -0.3 is 15.4 Å². The van der Waals surface area contributed by atoms with Gasteiger partial charge >= 0.3 is 0 Å². The van der Waals surface area contributed by atoms with Crippen molar-refractivity contribution in [3.63, 3.8) is 0 Å². The molecule has 0 spiro atoms. The smallest absolute Gasteiger partial charge is 0.228 e. The highest BCUT2D eigenvalue weighted by atomic mass is 16.5. The molecule has 1 heterocycles. The van der Waals surface area contributed by atoms with Crippen LogP contribution in [0.1, 0.15) is 32.9 Å². The van der Waals surface area contributed by atoms with Crippen LogP contribution in [0.4, 0.5) is 5.95 Å². The Kier molecular flexibility index (Phi) is 6.56. The molecule has 5 heteroatoms. The van der Waals surface area contributed by atoms with E-state index < -0.39 is 0 Å². The molecule has 2 N–H and O–H groups in total. The van der Waals surface area contributed by atoms with Gasteiger partial charge in [-0.25, -0.2) is 4.98 Å². The number of rotatable bonds is 8. The molecule has 1 aromatic rings. The van der Waals surface area contributed by atoms with Crippen molar-refractivity contribution in [1.29, 1.82) is 0 Å². The van der Waals surface area contributed by atoms with Gasteiger partial charge in [-0.05, 0) is 32.7 Å². The largest absolute Gasteiger partial charge is 0.478 e. The van der Waals surface area contributed by atoms with Crippen LogP contribution in [0.5, 0.6) is 5.88 Å². The molecule has 0 radical (unpaired) electrons. The van der Waals surface area contributed by atoms with Gasteiger partial charge in [-0.1, -0.05) is 13.8 Å². The third kappa shape index (κ3) is 5.42. The molecule has 0 aliphatic carbocycles. The zero-order chi connectivity index (χ0) is 14.3. The van der Waals surface area contributed by atoms with E-state index in [-0.39, 0.29) is 0 Å².